The van der Waals surface area contributed by atoms with Crippen molar-refractivity contribution < 1.29 is 14.3 Å². The highest BCUT2D eigenvalue weighted by Crippen LogP contribution is 2.27. The second kappa shape index (κ2) is 8.25. The van der Waals surface area contributed by atoms with Gasteiger partial charge in [-0.05, 0) is 31.0 Å². The van der Waals surface area contributed by atoms with Gasteiger partial charge >= 0.3 is 0 Å². The topological polar surface area (TPSA) is 67.4 Å². The van der Waals surface area contributed by atoms with Crippen LogP contribution < -0.4 is 15.4 Å². The molecule has 0 spiro atoms. The Kier molecular flexibility index (Phi) is 6.34. The molecule has 0 aromatic heterocycles. The van der Waals surface area contributed by atoms with E-state index < -0.39 is 0 Å². The van der Waals surface area contributed by atoms with Crippen LogP contribution in [-0.4, -0.2) is 31.0 Å². The molecule has 5 nitrogen and oxygen atoms in total. The first kappa shape index (κ1) is 16.9. The maximum atomic E-state index is 11.7. The maximum Gasteiger partial charge on any atom is 0.258 e. The fourth-order valence-corrected chi connectivity index (χ4v) is 2.78. The first-order chi connectivity index (χ1) is 10.5. The van der Waals surface area contributed by atoms with E-state index in [-0.39, 0.29) is 31.0 Å². The van der Waals surface area contributed by atoms with Crippen LogP contribution in [0.25, 0.3) is 0 Å². The quantitative estimate of drug-likeness (QED) is 0.833. The molecule has 0 aliphatic heterocycles. The third-order valence-electron chi connectivity index (χ3n) is 3.42. The second-order valence-corrected chi connectivity index (χ2v) is 6.03. The Bertz CT molecular complexity index is 546. The highest BCUT2D eigenvalue weighted by molar-refractivity contribution is 6.35. The lowest BCUT2D eigenvalue weighted by molar-refractivity contribution is -0.127. The summed E-state index contributed by atoms with van der Waals surface area (Å²) >= 11 is 11.7. The lowest BCUT2D eigenvalue weighted by atomic mass is 10.2. The fraction of sp³-hybridized carbons (Fsp3) is 0.467. The van der Waals surface area contributed by atoms with Crippen LogP contribution in [0.2, 0.25) is 10.0 Å². The molecule has 0 atom stereocenters. The van der Waals surface area contributed by atoms with Crippen molar-refractivity contribution in [3.05, 3.63) is 28.2 Å². The van der Waals surface area contributed by atoms with Gasteiger partial charge in [-0.1, -0.05) is 36.0 Å². The summed E-state index contributed by atoms with van der Waals surface area (Å²) in [5.41, 5.74) is 0. The van der Waals surface area contributed by atoms with Gasteiger partial charge in [0.2, 0.25) is 5.91 Å². The van der Waals surface area contributed by atoms with Crippen molar-refractivity contribution in [1.82, 2.24) is 10.6 Å². The number of ether oxygens (including phenoxy) is 1. The molecule has 2 amide bonds. The molecule has 1 aromatic rings. The van der Waals surface area contributed by atoms with Crippen LogP contribution in [0, 0.1) is 0 Å². The zero-order chi connectivity index (χ0) is 15.9. The molecule has 22 heavy (non-hydrogen) atoms. The van der Waals surface area contributed by atoms with Gasteiger partial charge in [-0.3, -0.25) is 9.59 Å². The molecular weight excluding hydrogens is 327 g/mol. The van der Waals surface area contributed by atoms with E-state index in [1.807, 2.05) is 0 Å². The Balaban J connectivity index is 1.68. The molecular formula is C15H18Cl2N2O3. The first-order valence-electron chi connectivity index (χ1n) is 7.18. The van der Waals surface area contributed by atoms with E-state index in [1.165, 1.54) is 6.07 Å². The lowest BCUT2D eigenvalue weighted by Gasteiger charge is -2.12. The highest BCUT2D eigenvalue weighted by Gasteiger charge is 2.17. The monoisotopic (exact) mass is 344 g/mol. The van der Waals surface area contributed by atoms with Gasteiger partial charge < -0.3 is 15.4 Å². The average molecular weight is 345 g/mol. The molecule has 2 rings (SSSR count). The van der Waals surface area contributed by atoms with Crippen molar-refractivity contribution in [2.24, 2.45) is 0 Å². The van der Waals surface area contributed by atoms with Crippen LogP contribution >= 0.6 is 23.2 Å². The Morgan fingerprint density at radius 2 is 1.91 bits per heavy atom. The Hall–Kier alpha value is -1.46. The molecule has 120 valence electrons. The van der Waals surface area contributed by atoms with Gasteiger partial charge in [0.1, 0.15) is 5.75 Å². The SMILES string of the molecule is O=C(COc1ccc(Cl)cc1Cl)NCC(=O)NC1CCCC1. The maximum absolute atomic E-state index is 11.7. The van der Waals surface area contributed by atoms with Gasteiger partial charge in [0.15, 0.2) is 6.61 Å². The average Bonchev–Trinajstić information content (AvgIpc) is 2.97. The number of nitrogens with one attached hydrogen (secondary N) is 2. The summed E-state index contributed by atoms with van der Waals surface area (Å²) in [4.78, 5) is 23.3. The molecule has 1 fully saturated rings. The Morgan fingerprint density at radius 1 is 1.18 bits per heavy atom. The fourth-order valence-electron chi connectivity index (χ4n) is 2.31. The van der Waals surface area contributed by atoms with Gasteiger partial charge in [-0.25, -0.2) is 0 Å². The summed E-state index contributed by atoms with van der Waals surface area (Å²) in [5.74, 6) is -0.186. The number of hydrogen-bond acceptors (Lipinski definition) is 3. The summed E-state index contributed by atoms with van der Waals surface area (Å²) in [6.07, 6.45) is 4.32. The number of amides is 2. The van der Waals surface area contributed by atoms with Crippen LogP contribution in [0.5, 0.6) is 5.75 Å². The van der Waals surface area contributed by atoms with Crippen molar-refractivity contribution in [2.45, 2.75) is 31.7 Å². The molecule has 2 N–H and O–H groups in total. The summed E-state index contributed by atoms with van der Waals surface area (Å²) in [7, 11) is 0. The van der Waals surface area contributed by atoms with Crippen LogP contribution in [0.3, 0.4) is 0 Å². The molecule has 0 heterocycles. The second-order valence-electron chi connectivity index (χ2n) is 5.19. The normalized spacial score (nSPS) is 14.6. The largest absolute Gasteiger partial charge is 0.482 e. The molecule has 0 bridgehead atoms. The predicted molar refractivity (Wildman–Crippen MR) is 85.4 cm³/mol. The van der Waals surface area contributed by atoms with Gasteiger partial charge in [0.05, 0.1) is 11.6 Å². The van der Waals surface area contributed by atoms with Gasteiger partial charge in [-0.2, -0.15) is 0 Å². The van der Waals surface area contributed by atoms with Crippen molar-refractivity contribution in [3.8, 4) is 5.75 Å². The number of carbonyl (C=O) groups excluding carboxylic acids is 2. The third kappa shape index (κ3) is 5.39. The zero-order valence-electron chi connectivity index (χ0n) is 12.0. The molecule has 0 saturated heterocycles. The minimum atomic E-state index is -0.382. The standard InChI is InChI=1S/C15H18Cl2N2O3/c16-10-5-6-13(12(17)7-10)22-9-15(21)18-8-14(20)19-11-3-1-2-4-11/h5-7,11H,1-4,8-9H2,(H,18,21)(H,19,20). The number of benzene rings is 1. The smallest absolute Gasteiger partial charge is 0.258 e. The summed E-state index contributed by atoms with van der Waals surface area (Å²) in [6, 6.07) is 4.99. The van der Waals surface area contributed by atoms with Crippen LogP contribution in [0.4, 0.5) is 0 Å². The minimum absolute atomic E-state index is 0.0486. The zero-order valence-corrected chi connectivity index (χ0v) is 13.5. The molecule has 1 aliphatic rings. The molecule has 1 saturated carbocycles. The molecule has 1 aliphatic carbocycles. The van der Waals surface area contributed by atoms with Gasteiger partial charge in [-0.15, -0.1) is 0 Å². The molecule has 1 aromatic carbocycles. The van der Waals surface area contributed by atoms with E-state index in [2.05, 4.69) is 10.6 Å². The van der Waals surface area contributed by atoms with Crippen molar-refractivity contribution >= 4 is 35.0 Å². The predicted octanol–water partition coefficient (Wildman–Crippen LogP) is 2.55. The van der Waals surface area contributed by atoms with Crippen LogP contribution in [0.1, 0.15) is 25.7 Å². The van der Waals surface area contributed by atoms with Crippen molar-refractivity contribution in [3.63, 3.8) is 0 Å². The minimum Gasteiger partial charge on any atom is -0.482 e. The summed E-state index contributed by atoms with van der Waals surface area (Å²) < 4.78 is 5.28. The van der Waals surface area contributed by atoms with E-state index >= 15 is 0 Å². The highest BCUT2D eigenvalue weighted by atomic mass is 35.5. The van der Waals surface area contributed by atoms with E-state index in [0.29, 0.717) is 15.8 Å². The van der Waals surface area contributed by atoms with E-state index in [9.17, 15) is 9.59 Å². The summed E-state index contributed by atoms with van der Waals surface area (Å²) in [5, 5.41) is 6.23. The number of rotatable bonds is 6. The summed E-state index contributed by atoms with van der Waals surface area (Å²) in [6.45, 7) is -0.259. The molecule has 7 heteroatoms. The number of hydrogen-bond donors (Lipinski definition) is 2. The van der Waals surface area contributed by atoms with Gasteiger partial charge in [0, 0.05) is 11.1 Å². The van der Waals surface area contributed by atoms with Crippen LogP contribution in [0.15, 0.2) is 18.2 Å². The lowest BCUT2D eigenvalue weighted by Crippen LogP contribution is -2.42. The third-order valence-corrected chi connectivity index (χ3v) is 3.95. The van der Waals surface area contributed by atoms with Crippen molar-refractivity contribution in [1.29, 1.82) is 0 Å². The van der Waals surface area contributed by atoms with Crippen LogP contribution in [-0.2, 0) is 9.59 Å². The molecule has 0 unspecified atom stereocenters. The van der Waals surface area contributed by atoms with E-state index in [0.717, 1.165) is 25.7 Å². The number of carbonyl (C=O) groups is 2. The number of halogens is 2. The van der Waals surface area contributed by atoms with E-state index in [4.69, 9.17) is 27.9 Å². The van der Waals surface area contributed by atoms with E-state index in [1.54, 1.807) is 12.1 Å². The van der Waals surface area contributed by atoms with Gasteiger partial charge in [0.25, 0.3) is 5.91 Å². The Labute approximate surface area is 139 Å². The molecule has 0 radical (unpaired) electrons. The van der Waals surface area contributed by atoms with Crippen molar-refractivity contribution in [2.75, 3.05) is 13.2 Å². The first-order valence-corrected chi connectivity index (χ1v) is 7.94. The Morgan fingerprint density at radius 3 is 2.59 bits per heavy atom.